The standard InChI is InChI=1S/C16H21N3O/c1-3-17-10-14-6-7-19(18-14)11-15-9-13-8-12(2)4-5-16(13)20-15/h4-8,15,17H,3,9-11H2,1-2H3. The molecule has 4 nitrogen and oxygen atoms in total. The smallest absolute Gasteiger partial charge is 0.123 e. The van der Waals surface area contributed by atoms with Crippen LogP contribution in [0.1, 0.15) is 23.7 Å². The maximum absolute atomic E-state index is 5.98. The molecule has 20 heavy (non-hydrogen) atoms. The van der Waals surface area contributed by atoms with Gasteiger partial charge >= 0.3 is 0 Å². The topological polar surface area (TPSA) is 39.1 Å². The lowest BCUT2D eigenvalue weighted by Gasteiger charge is -2.10. The number of aryl methyl sites for hydroxylation is 1. The van der Waals surface area contributed by atoms with Crippen LogP contribution in [0.4, 0.5) is 0 Å². The first-order valence-electron chi connectivity index (χ1n) is 7.24. The molecule has 0 bridgehead atoms. The molecule has 106 valence electrons. The van der Waals surface area contributed by atoms with Gasteiger partial charge < -0.3 is 10.1 Å². The van der Waals surface area contributed by atoms with E-state index in [1.165, 1.54) is 11.1 Å². The summed E-state index contributed by atoms with van der Waals surface area (Å²) in [6.45, 7) is 6.82. The quantitative estimate of drug-likeness (QED) is 0.907. The summed E-state index contributed by atoms with van der Waals surface area (Å²) in [7, 11) is 0. The monoisotopic (exact) mass is 271 g/mol. The third-order valence-electron chi connectivity index (χ3n) is 3.60. The fraction of sp³-hybridized carbons (Fsp3) is 0.438. The molecule has 1 aliphatic rings. The molecule has 0 spiro atoms. The molecule has 0 amide bonds. The fourth-order valence-corrected chi connectivity index (χ4v) is 2.61. The highest BCUT2D eigenvalue weighted by Crippen LogP contribution is 2.29. The van der Waals surface area contributed by atoms with Crippen molar-refractivity contribution in [2.45, 2.75) is 39.5 Å². The molecule has 1 N–H and O–H groups in total. The number of nitrogens with zero attached hydrogens (tertiary/aromatic N) is 2. The lowest BCUT2D eigenvalue weighted by Crippen LogP contribution is -2.21. The van der Waals surface area contributed by atoms with Gasteiger partial charge in [0.1, 0.15) is 11.9 Å². The third-order valence-corrected chi connectivity index (χ3v) is 3.60. The Morgan fingerprint density at radius 3 is 3.15 bits per heavy atom. The molecule has 3 rings (SSSR count). The number of ether oxygens (including phenoxy) is 1. The molecule has 1 aromatic carbocycles. The Hall–Kier alpha value is -1.81. The van der Waals surface area contributed by atoms with E-state index in [9.17, 15) is 0 Å². The van der Waals surface area contributed by atoms with E-state index in [2.05, 4.69) is 48.5 Å². The molecule has 1 aromatic heterocycles. The summed E-state index contributed by atoms with van der Waals surface area (Å²) in [6.07, 6.45) is 3.20. The van der Waals surface area contributed by atoms with Crippen LogP contribution in [0.15, 0.2) is 30.5 Å². The van der Waals surface area contributed by atoms with Crippen LogP contribution in [0.2, 0.25) is 0 Å². The van der Waals surface area contributed by atoms with Crippen LogP contribution in [0.3, 0.4) is 0 Å². The number of hydrogen-bond acceptors (Lipinski definition) is 3. The molecule has 4 heteroatoms. The van der Waals surface area contributed by atoms with E-state index < -0.39 is 0 Å². The van der Waals surface area contributed by atoms with E-state index in [1.54, 1.807) is 0 Å². The summed E-state index contributed by atoms with van der Waals surface area (Å²) in [4.78, 5) is 0. The van der Waals surface area contributed by atoms with Gasteiger partial charge in [0.25, 0.3) is 0 Å². The van der Waals surface area contributed by atoms with Crippen LogP contribution in [0.25, 0.3) is 0 Å². The number of nitrogens with one attached hydrogen (secondary N) is 1. The minimum Gasteiger partial charge on any atom is -0.488 e. The zero-order chi connectivity index (χ0) is 13.9. The first-order valence-corrected chi connectivity index (χ1v) is 7.24. The van der Waals surface area contributed by atoms with Gasteiger partial charge in [0.2, 0.25) is 0 Å². The zero-order valence-corrected chi connectivity index (χ0v) is 12.1. The number of rotatable bonds is 5. The van der Waals surface area contributed by atoms with Gasteiger partial charge in [-0.3, -0.25) is 4.68 Å². The Labute approximate surface area is 119 Å². The van der Waals surface area contributed by atoms with Gasteiger partial charge in [0.15, 0.2) is 0 Å². The number of fused-ring (bicyclic) bond motifs is 1. The maximum Gasteiger partial charge on any atom is 0.123 e. The van der Waals surface area contributed by atoms with Crippen molar-refractivity contribution in [1.29, 1.82) is 0 Å². The molecule has 0 saturated carbocycles. The molecule has 2 aromatic rings. The normalized spacial score (nSPS) is 17.0. The van der Waals surface area contributed by atoms with Gasteiger partial charge in [0, 0.05) is 19.2 Å². The molecular formula is C16H21N3O. The van der Waals surface area contributed by atoms with Crippen LogP contribution in [-0.2, 0) is 19.5 Å². The maximum atomic E-state index is 5.98. The van der Waals surface area contributed by atoms with Gasteiger partial charge in [-0.15, -0.1) is 0 Å². The highest BCUT2D eigenvalue weighted by molar-refractivity contribution is 5.40. The predicted octanol–water partition coefficient (Wildman–Crippen LogP) is 2.30. The van der Waals surface area contributed by atoms with Crippen LogP contribution in [-0.4, -0.2) is 22.4 Å². The second-order valence-corrected chi connectivity index (χ2v) is 5.36. The van der Waals surface area contributed by atoms with Crippen molar-refractivity contribution in [2.75, 3.05) is 6.54 Å². The Balaban J connectivity index is 1.61. The Morgan fingerprint density at radius 1 is 1.40 bits per heavy atom. The summed E-state index contributed by atoms with van der Waals surface area (Å²) in [5, 5.41) is 7.85. The van der Waals surface area contributed by atoms with E-state index in [1.807, 2.05) is 10.9 Å². The summed E-state index contributed by atoms with van der Waals surface area (Å²) < 4.78 is 7.96. The molecule has 0 aliphatic carbocycles. The SMILES string of the molecule is CCNCc1ccn(CC2Cc3cc(C)ccc3O2)n1. The minimum atomic E-state index is 0.193. The largest absolute Gasteiger partial charge is 0.488 e. The van der Waals surface area contributed by atoms with Gasteiger partial charge in [-0.25, -0.2) is 0 Å². The van der Waals surface area contributed by atoms with Crippen molar-refractivity contribution in [3.63, 3.8) is 0 Å². The molecule has 1 atom stereocenters. The summed E-state index contributed by atoms with van der Waals surface area (Å²) >= 11 is 0. The average molecular weight is 271 g/mol. The highest BCUT2D eigenvalue weighted by atomic mass is 16.5. The Morgan fingerprint density at radius 2 is 2.30 bits per heavy atom. The third kappa shape index (κ3) is 2.85. The van der Waals surface area contributed by atoms with Crippen LogP contribution in [0, 0.1) is 6.92 Å². The molecule has 0 fully saturated rings. The van der Waals surface area contributed by atoms with Crippen molar-refractivity contribution in [3.05, 3.63) is 47.3 Å². The molecule has 0 saturated heterocycles. The Kier molecular flexibility index (Phi) is 3.74. The number of benzene rings is 1. The Bertz CT molecular complexity index is 591. The van der Waals surface area contributed by atoms with Crippen LogP contribution >= 0.6 is 0 Å². The second kappa shape index (κ2) is 5.67. The second-order valence-electron chi connectivity index (χ2n) is 5.36. The van der Waals surface area contributed by atoms with Crippen molar-refractivity contribution in [1.82, 2.24) is 15.1 Å². The molecule has 0 radical (unpaired) electrons. The molecule has 2 heterocycles. The van der Waals surface area contributed by atoms with Crippen LogP contribution < -0.4 is 10.1 Å². The molecule has 1 aliphatic heterocycles. The lowest BCUT2D eigenvalue weighted by atomic mass is 10.1. The number of aromatic nitrogens is 2. The van der Waals surface area contributed by atoms with Crippen molar-refractivity contribution in [3.8, 4) is 5.75 Å². The zero-order valence-electron chi connectivity index (χ0n) is 12.1. The van der Waals surface area contributed by atoms with Crippen molar-refractivity contribution >= 4 is 0 Å². The van der Waals surface area contributed by atoms with Gasteiger partial charge in [-0.2, -0.15) is 5.10 Å². The van der Waals surface area contributed by atoms with E-state index >= 15 is 0 Å². The van der Waals surface area contributed by atoms with E-state index in [0.717, 1.165) is 37.5 Å². The summed E-state index contributed by atoms with van der Waals surface area (Å²) in [5.41, 5.74) is 3.69. The van der Waals surface area contributed by atoms with Crippen LogP contribution in [0.5, 0.6) is 5.75 Å². The number of hydrogen-bond donors (Lipinski definition) is 1. The van der Waals surface area contributed by atoms with E-state index in [-0.39, 0.29) is 6.10 Å². The van der Waals surface area contributed by atoms with E-state index in [4.69, 9.17) is 4.74 Å². The van der Waals surface area contributed by atoms with Crippen molar-refractivity contribution < 1.29 is 4.74 Å². The summed E-state index contributed by atoms with van der Waals surface area (Å²) in [6, 6.07) is 8.46. The van der Waals surface area contributed by atoms with Gasteiger partial charge in [-0.05, 0) is 31.2 Å². The van der Waals surface area contributed by atoms with Gasteiger partial charge in [-0.1, -0.05) is 24.6 Å². The lowest BCUT2D eigenvalue weighted by molar-refractivity contribution is 0.203. The minimum absolute atomic E-state index is 0.193. The van der Waals surface area contributed by atoms with E-state index in [0.29, 0.717) is 0 Å². The predicted molar refractivity (Wildman–Crippen MR) is 78.9 cm³/mol. The molecule has 1 unspecified atom stereocenters. The molecular weight excluding hydrogens is 250 g/mol. The first kappa shape index (κ1) is 13.2. The summed E-state index contributed by atoms with van der Waals surface area (Å²) in [5.74, 6) is 1.03. The first-order chi connectivity index (χ1) is 9.74. The average Bonchev–Trinajstić information content (AvgIpc) is 3.02. The fourth-order valence-electron chi connectivity index (χ4n) is 2.61. The van der Waals surface area contributed by atoms with Crippen molar-refractivity contribution in [2.24, 2.45) is 0 Å². The highest BCUT2D eigenvalue weighted by Gasteiger charge is 2.23. The van der Waals surface area contributed by atoms with Gasteiger partial charge in [0.05, 0.1) is 12.2 Å².